The van der Waals surface area contributed by atoms with Crippen molar-refractivity contribution in [3.05, 3.63) is 46.6 Å². The number of hydrogen-bond donors (Lipinski definition) is 0. The number of halogens is 1. The zero-order valence-corrected chi connectivity index (χ0v) is 17.1. The van der Waals surface area contributed by atoms with Crippen molar-refractivity contribution < 1.29 is 17.9 Å². The van der Waals surface area contributed by atoms with Crippen LogP contribution in [0.1, 0.15) is 18.4 Å². The van der Waals surface area contributed by atoms with Gasteiger partial charge in [0.2, 0.25) is 15.9 Å². The Balaban J connectivity index is 1.67. The Bertz CT molecular complexity index is 881. The maximum atomic E-state index is 12.9. The fourth-order valence-electron chi connectivity index (χ4n) is 2.97. The predicted molar refractivity (Wildman–Crippen MR) is 102 cm³/mol. The lowest BCUT2D eigenvalue weighted by molar-refractivity contribution is 0.129. The summed E-state index contributed by atoms with van der Waals surface area (Å²) in [6.07, 6.45) is 2.87. The van der Waals surface area contributed by atoms with Crippen molar-refractivity contribution in [1.82, 2.24) is 9.29 Å². The molecule has 2 aromatic rings. The third-order valence-corrected chi connectivity index (χ3v) is 6.91. The number of rotatable bonds is 5. The minimum Gasteiger partial charge on any atom is -0.496 e. The molecule has 1 fully saturated rings. The van der Waals surface area contributed by atoms with Gasteiger partial charge < -0.3 is 9.47 Å². The maximum Gasteiger partial charge on any atom is 0.243 e. The summed E-state index contributed by atoms with van der Waals surface area (Å²) < 4.78 is 39.2. The van der Waals surface area contributed by atoms with Crippen molar-refractivity contribution in [3.63, 3.8) is 0 Å². The number of aromatic nitrogens is 1. The molecule has 0 atom stereocenters. The zero-order chi connectivity index (χ0) is 18.7. The summed E-state index contributed by atoms with van der Waals surface area (Å²) in [7, 11) is -1.95. The lowest BCUT2D eigenvalue weighted by Crippen LogP contribution is -2.41. The van der Waals surface area contributed by atoms with Gasteiger partial charge in [-0.1, -0.05) is 0 Å². The van der Waals surface area contributed by atoms with E-state index < -0.39 is 10.0 Å². The molecule has 0 spiro atoms. The van der Waals surface area contributed by atoms with Crippen molar-refractivity contribution in [3.8, 4) is 11.6 Å². The summed E-state index contributed by atoms with van der Waals surface area (Å²) in [5.74, 6) is 1.22. The van der Waals surface area contributed by atoms with Gasteiger partial charge in [-0.25, -0.2) is 13.4 Å². The van der Waals surface area contributed by atoms with Crippen LogP contribution < -0.4 is 9.47 Å². The highest BCUT2D eigenvalue weighted by molar-refractivity contribution is 9.10. The smallest absolute Gasteiger partial charge is 0.243 e. The number of pyridine rings is 1. The normalized spacial score (nSPS) is 16.4. The highest BCUT2D eigenvalue weighted by Gasteiger charge is 2.30. The van der Waals surface area contributed by atoms with Gasteiger partial charge in [0.05, 0.1) is 16.5 Å². The highest BCUT2D eigenvalue weighted by Crippen LogP contribution is 2.28. The Morgan fingerprint density at radius 2 is 1.96 bits per heavy atom. The van der Waals surface area contributed by atoms with E-state index in [0.717, 1.165) is 10.0 Å². The quantitative estimate of drug-likeness (QED) is 0.712. The summed E-state index contributed by atoms with van der Waals surface area (Å²) in [4.78, 5) is 4.50. The van der Waals surface area contributed by atoms with Crippen molar-refractivity contribution in [2.75, 3.05) is 20.2 Å². The first-order chi connectivity index (χ1) is 12.4. The lowest BCUT2D eigenvalue weighted by atomic mass is 10.1. The number of sulfonamides is 1. The van der Waals surface area contributed by atoms with Crippen LogP contribution in [-0.2, 0) is 10.0 Å². The molecule has 8 heteroatoms. The molecule has 2 heterocycles. The largest absolute Gasteiger partial charge is 0.496 e. The average Bonchev–Trinajstić information content (AvgIpc) is 2.64. The number of ether oxygens (including phenoxy) is 2. The van der Waals surface area contributed by atoms with Gasteiger partial charge in [-0.2, -0.15) is 4.31 Å². The van der Waals surface area contributed by atoms with Crippen LogP contribution >= 0.6 is 15.9 Å². The summed E-state index contributed by atoms with van der Waals surface area (Å²) in [6.45, 7) is 2.67. The maximum absolute atomic E-state index is 12.9. The molecule has 0 saturated carbocycles. The molecular weight excluding hydrogens is 420 g/mol. The SMILES string of the molecule is COc1ccc(S(=O)(=O)N2CCC(Oc3ncccc3Br)CC2)cc1C. The van der Waals surface area contributed by atoms with Gasteiger partial charge in [-0.15, -0.1) is 0 Å². The number of benzene rings is 1. The molecule has 1 aromatic carbocycles. The van der Waals surface area contributed by atoms with Gasteiger partial charge in [-0.05, 0) is 71.6 Å². The first-order valence-corrected chi connectivity index (χ1v) is 10.6. The molecule has 6 nitrogen and oxygen atoms in total. The first kappa shape index (κ1) is 19.1. The zero-order valence-electron chi connectivity index (χ0n) is 14.7. The molecule has 0 unspecified atom stereocenters. The second kappa shape index (κ2) is 7.94. The van der Waals surface area contributed by atoms with E-state index in [1.807, 2.05) is 19.1 Å². The van der Waals surface area contributed by atoms with Crippen molar-refractivity contribution in [2.45, 2.75) is 30.8 Å². The van der Waals surface area contributed by atoms with Gasteiger partial charge in [0, 0.05) is 19.3 Å². The standard InChI is InChI=1S/C18H21BrN2O4S/c1-13-12-15(5-6-17(13)24-2)26(22,23)21-10-7-14(8-11-21)25-18-16(19)4-3-9-20-18/h3-6,9,12,14H,7-8,10-11H2,1-2H3. The molecule has 0 N–H and O–H groups in total. The van der Waals surface area contributed by atoms with Crippen LogP contribution in [0.5, 0.6) is 11.6 Å². The molecule has 1 aliphatic rings. The molecule has 1 saturated heterocycles. The molecular formula is C18H21BrN2O4S. The average molecular weight is 441 g/mol. The van der Waals surface area contributed by atoms with Crippen LogP contribution in [0.15, 0.2) is 45.9 Å². The fraction of sp³-hybridized carbons (Fsp3) is 0.389. The Morgan fingerprint density at radius 3 is 2.58 bits per heavy atom. The Labute approximate surface area is 162 Å². The monoisotopic (exact) mass is 440 g/mol. The van der Waals surface area contributed by atoms with Gasteiger partial charge in [-0.3, -0.25) is 0 Å². The first-order valence-electron chi connectivity index (χ1n) is 8.34. The van der Waals surface area contributed by atoms with E-state index in [1.54, 1.807) is 31.5 Å². The van der Waals surface area contributed by atoms with Crippen LogP contribution in [0.4, 0.5) is 0 Å². The molecule has 140 valence electrons. The van der Waals surface area contributed by atoms with E-state index in [-0.39, 0.29) is 6.10 Å². The second-order valence-corrected chi connectivity index (χ2v) is 8.94. The molecule has 26 heavy (non-hydrogen) atoms. The van der Waals surface area contributed by atoms with Crippen molar-refractivity contribution in [2.24, 2.45) is 0 Å². The summed E-state index contributed by atoms with van der Waals surface area (Å²) in [5.41, 5.74) is 0.798. The third kappa shape index (κ3) is 4.02. The molecule has 0 amide bonds. The van der Waals surface area contributed by atoms with E-state index in [9.17, 15) is 8.42 Å². The molecule has 1 aromatic heterocycles. The Hall–Kier alpha value is -1.64. The summed E-state index contributed by atoms with van der Waals surface area (Å²) in [5, 5.41) is 0. The van der Waals surface area contributed by atoms with Gasteiger partial charge in [0.25, 0.3) is 0 Å². The van der Waals surface area contributed by atoms with Crippen LogP contribution in [0.2, 0.25) is 0 Å². The van der Waals surface area contributed by atoms with Crippen LogP contribution in [0.25, 0.3) is 0 Å². The number of nitrogens with zero attached hydrogens (tertiary/aromatic N) is 2. The van der Waals surface area contributed by atoms with Gasteiger partial charge in [0.15, 0.2) is 0 Å². The minimum absolute atomic E-state index is 0.0507. The van der Waals surface area contributed by atoms with E-state index in [1.165, 1.54) is 4.31 Å². The van der Waals surface area contributed by atoms with E-state index in [2.05, 4.69) is 20.9 Å². The summed E-state index contributed by atoms with van der Waals surface area (Å²) >= 11 is 3.41. The van der Waals surface area contributed by atoms with Crippen molar-refractivity contribution >= 4 is 26.0 Å². The predicted octanol–water partition coefficient (Wildman–Crippen LogP) is 3.39. The fourth-order valence-corrected chi connectivity index (χ4v) is 4.87. The highest BCUT2D eigenvalue weighted by atomic mass is 79.9. The minimum atomic E-state index is -3.52. The Kier molecular flexibility index (Phi) is 5.84. The molecule has 0 aliphatic carbocycles. The van der Waals surface area contributed by atoms with Crippen molar-refractivity contribution in [1.29, 1.82) is 0 Å². The molecule has 3 rings (SSSR count). The van der Waals surface area contributed by atoms with Crippen LogP contribution in [-0.4, -0.2) is 44.0 Å². The summed E-state index contributed by atoms with van der Waals surface area (Å²) in [6, 6.07) is 8.63. The van der Waals surface area contributed by atoms with Gasteiger partial charge in [0.1, 0.15) is 11.9 Å². The van der Waals surface area contributed by atoms with Crippen LogP contribution in [0, 0.1) is 6.92 Å². The van der Waals surface area contributed by atoms with Gasteiger partial charge >= 0.3 is 0 Å². The lowest BCUT2D eigenvalue weighted by Gasteiger charge is -2.31. The number of hydrogen-bond acceptors (Lipinski definition) is 5. The molecule has 1 aliphatic heterocycles. The second-order valence-electron chi connectivity index (χ2n) is 6.14. The Morgan fingerprint density at radius 1 is 1.23 bits per heavy atom. The van der Waals surface area contributed by atoms with E-state index >= 15 is 0 Å². The molecule has 0 bridgehead atoms. The topological polar surface area (TPSA) is 68.7 Å². The van der Waals surface area contributed by atoms with E-state index in [4.69, 9.17) is 9.47 Å². The van der Waals surface area contributed by atoms with E-state index in [0.29, 0.717) is 42.5 Å². The number of aryl methyl sites for hydroxylation is 1. The number of methoxy groups -OCH3 is 1. The number of piperidine rings is 1. The third-order valence-electron chi connectivity index (χ3n) is 4.41. The van der Waals surface area contributed by atoms with Crippen LogP contribution in [0.3, 0.4) is 0 Å². The molecule has 0 radical (unpaired) electrons.